The molecule has 0 bridgehead atoms. The van der Waals surface area contributed by atoms with Crippen LogP contribution in [0.15, 0.2) is 32.7 Å². The summed E-state index contributed by atoms with van der Waals surface area (Å²) in [5, 5.41) is 5.43. The number of hydrogen-bond donors (Lipinski definition) is 1. The van der Waals surface area contributed by atoms with Crippen molar-refractivity contribution in [3.05, 3.63) is 44.4 Å². The Bertz CT molecular complexity index is 463. The van der Waals surface area contributed by atoms with Crippen LogP contribution in [0.5, 0.6) is 0 Å². The fourth-order valence-electron chi connectivity index (χ4n) is 1.69. The first-order valence-electron chi connectivity index (χ1n) is 5.15. The zero-order valence-electron chi connectivity index (χ0n) is 9.29. The number of thiophene rings is 1. The van der Waals surface area contributed by atoms with Crippen LogP contribution >= 0.6 is 27.3 Å². The van der Waals surface area contributed by atoms with Gasteiger partial charge in [-0.05, 0) is 47.4 Å². The highest BCUT2D eigenvalue weighted by molar-refractivity contribution is 9.10. The lowest BCUT2D eigenvalue weighted by atomic mass is 10.1. The van der Waals surface area contributed by atoms with Gasteiger partial charge in [0.15, 0.2) is 0 Å². The summed E-state index contributed by atoms with van der Waals surface area (Å²) < 4.78 is 6.54. The third-order valence-electron chi connectivity index (χ3n) is 2.58. The molecule has 2 nitrogen and oxygen atoms in total. The molecule has 0 spiro atoms. The Hall–Kier alpha value is -0.580. The van der Waals surface area contributed by atoms with Crippen LogP contribution in [0.2, 0.25) is 0 Å². The largest absolute Gasteiger partial charge is 0.469 e. The van der Waals surface area contributed by atoms with Gasteiger partial charge >= 0.3 is 0 Å². The molecule has 1 unspecified atom stereocenters. The van der Waals surface area contributed by atoms with Crippen molar-refractivity contribution in [1.82, 2.24) is 5.32 Å². The maximum Gasteiger partial charge on any atom is 0.101 e. The van der Waals surface area contributed by atoms with E-state index in [1.165, 1.54) is 14.9 Å². The van der Waals surface area contributed by atoms with Gasteiger partial charge in [0.2, 0.25) is 0 Å². The summed E-state index contributed by atoms with van der Waals surface area (Å²) in [6.07, 6.45) is 2.81. The van der Waals surface area contributed by atoms with E-state index in [-0.39, 0.29) is 0 Å². The predicted octanol–water partition coefficient (Wildman–Crippen LogP) is 3.92. The minimum atomic E-state index is 0.312. The predicted molar refractivity (Wildman–Crippen MR) is 71.0 cm³/mol. The van der Waals surface area contributed by atoms with Gasteiger partial charge in [0.1, 0.15) is 5.76 Å². The van der Waals surface area contributed by atoms with Crippen LogP contribution in [-0.4, -0.2) is 7.05 Å². The van der Waals surface area contributed by atoms with Crippen LogP contribution in [0.3, 0.4) is 0 Å². The molecular weight excluding hydrogens is 286 g/mol. The van der Waals surface area contributed by atoms with Gasteiger partial charge in [-0.25, -0.2) is 0 Å². The Morgan fingerprint density at radius 2 is 2.38 bits per heavy atom. The molecule has 2 aromatic heterocycles. The van der Waals surface area contributed by atoms with Crippen LogP contribution in [0.4, 0.5) is 0 Å². The summed E-state index contributed by atoms with van der Waals surface area (Å²) in [7, 11) is 1.98. The molecule has 0 fully saturated rings. The summed E-state index contributed by atoms with van der Waals surface area (Å²) in [5.74, 6) is 0.959. The minimum absolute atomic E-state index is 0.312. The average Bonchev–Trinajstić information content (AvgIpc) is 2.85. The number of likely N-dealkylation sites (N-methyl/N-ethyl adjacent to an activating group) is 1. The molecule has 0 aliphatic heterocycles. The molecular formula is C12H14BrNOS. The van der Waals surface area contributed by atoms with Crippen molar-refractivity contribution in [2.75, 3.05) is 7.05 Å². The van der Waals surface area contributed by atoms with E-state index in [9.17, 15) is 0 Å². The van der Waals surface area contributed by atoms with Crippen LogP contribution in [0.1, 0.15) is 22.2 Å². The molecule has 86 valence electrons. The number of nitrogens with one attached hydrogen (secondary N) is 1. The fraction of sp³-hybridized carbons (Fsp3) is 0.333. The third kappa shape index (κ3) is 2.56. The molecule has 0 aliphatic rings. The maximum atomic E-state index is 5.35. The number of hydrogen-bond acceptors (Lipinski definition) is 3. The molecule has 1 atom stereocenters. The lowest BCUT2D eigenvalue weighted by Gasteiger charge is -2.13. The number of furan rings is 1. The van der Waals surface area contributed by atoms with Gasteiger partial charge in [-0.3, -0.25) is 0 Å². The summed E-state index contributed by atoms with van der Waals surface area (Å²) in [5.41, 5.74) is 1.21. The molecule has 0 saturated heterocycles. The van der Waals surface area contributed by atoms with Gasteiger partial charge in [0.25, 0.3) is 0 Å². The Morgan fingerprint density at radius 3 is 2.88 bits per heavy atom. The Kier molecular flexibility index (Phi) is 3.84. The lowest BCUT2D eigenvalue weighted by molar-refractivity contribution is 0.520. The van der Waals surface area contributed by atoms with E-state index in [0.717, 1.165) is 12.2 Å². The first-order valence-corrected chi connectivity index (χ1v) is 6.82. The molecule has 0 aliphatic carbocycles. The molecule has 16 heavy (non-hydrogen) atoms. The third-order valence-corrected chi connectivity index (χ3v) is 4.53. The molecule has 0 radical (unpaired) electrons. The van der Waals surface area contributed by atoms with Crippen molar-refractivity contribution in [3.8, 4) is 0 Å². The van der Waals surface area contributed by atoms with Crippen LogP contribution in [0.25, 0.3) is 0 Å². The van der Waals surface area contributed by atoms with Gasteiger partial charge in [-0.2, -0.15) is 0 Å². The van der Waals surface area contributed by atoms with E-state index in [2.05, 4.69) is 38.8 Å². The van der Waals surface area contributed by atoms with Crippen molar-refractivity contribution in [2.24, 2.45) is 0 Å². The summed E-state index contributed by atoms with van der Waals surface area (Å²) >= 11 is 5.34. The van der Waals surface area contributed by atoms with Gasteiger partial charge < -0.3 is 9.73 Å². The number of rotatable bonds is 4. The van der Waals surface area contributed by atoms with Crippen molar-refractivity contribution < 1.29 is 4.42 Å². The summed E-state index contributed by atoms with van der Waals surface area (Å²) in [6.45, 7) is 1.97. The highest BCUT2D eigenvalue weighted by atomic mass is 79.9. The molecule has 0 saturated carbocycles. The van der Waals surface area contributed by atoms with Gasteiger partial charge in [0.05, 0.1) is 6.26 Å². The highest BCUT2D eigenvalue weighted by Crippen LogP contribution is 2.28. The molecule has 2 heterocycles. The molecule has 0 amide bonds. The van der Waals surface area contributed by atoms with Gasteiger partial charge in [0, 0.05) is 27.4 Å². The first-order chi connectivity index (χ1) is 7.70. The summed E-state index contributed by atoms with van der Waals surface area (Å²) in [6, 6.07) is 4.49. The Labute approximate surface area is 108 Å². The summed E-state index contributed by atoms with van der Waals surface area (Å²) in [4.78, 5) is 1.36. The second-order valence-corrected chi connectivity index (χ2v) is 5.58. The van der Waals surface area contributed by atoms with E-state index in [0.29, 0.717) is 6.04 Å². The van der Waals surface area contributed by atoms with E-state index in [4.69, 9.17) is 4.42 Å². The Morgan fingerprint density at radius 1 is 1.56 bits per heavy atom. The highest BCUT2D eigenvalue weighted by Gasteiger charge is 2.14. The van der Waals surface area contributed by atoms with Gasteiger partial charge in [-0.15, -0.1) is 11.3 Å². The first kappa shape index (κ1) is 11.9. The van der Waals surface area contributed by atoms with Crippen LogP contribution in [-0.2, 0) is 6.42 Å². The monoisotopic (exact) mass is 299 g/mol. The molecule has 2 rings (SSSR count). The van der Waals surface area contributed by atoms with Crippen LogP contribution in [0, 0.1) is 6.92 Å². The van der Waals surface area contributed by atoms with Crippen molar-refractivity contribution in [3.63, 3.8) is 0 Å². The van der Waals surface area contributed by atoms with E-state index >= 15 is 0 Å². The zero-order chi connectivity index (χ0) is 11.5. The maximum absolute atomic E-state index is 5.35. The second kappa shape index (κ2) is 5.17. The molecule has 4 heteroatoms. The minimum Gasteiger partial charge on any atom is -0.469 e. The van der Waals surface area contributed by atoms with Crippen molar-refractivity contribution >= 4 is 27.3 Å². The van der Waals surface area contributed by atoms with Crippen molar-refractivity contribution in [2.45, 2.75) is 19.4 Å². The van der Waals surface area contributed by atoms with Crippen molar-refractivity contribution in [1.29, 1.82) is 0 Å². The molecule has 2 aromatic rings. The molecule has 1 N–H and O–H groups in total. The van der Waals surface area contributed by atoms with Crippen LogP contribution < -0.4 is 5.32 Å². The fourth-order valence-corrected chi connectivity index (χ4v) is 3.25. The van der Waals surface area contributed by atoms with E-state index in [1.807, 2.05) is 20.2 Å². The average molecular weight is 300 g/mol. The van der Waals surface area contributed by atoms with Gasteiger partial charge in [-0.1, -0.05) is 0 Å². The quantitative estimate of drug-likeness (QED) is 0.926. The normalized spacial score (nSPS) is 12.9. The number of halogens is 1. The standard InChI is InChI=1S/C12H14BrNOS/c1-8-5-9(7-15-8)11(14-2)6-12-10(13)3-4-16-12/h3-5,7,11,14H,6H2,1-2H3. The lowest BCUT2D eigenvalue weighted by Crippen LogP contribution is -2.17. The van der Waals surface area contributed by atoms with E-state index in [1.54, 1.807) is 11.3 Å². The SMILES string of the molecule is CNC(Cc1sccc1Br)c1coc(C)c1. The second-order valence-electron chi connectivity index (χ2n) is 3.73. The Balaban J connectivity index is 2.15. The van der Waals surface area contributed by atoms with E-state index < -0.39 is 0 Å². The smallest absolute Gasteiger partial charge is 0.101 e. The number of aryl methyl sites for hydroxylation is 1. The topological polar surface area (TPSA) is 25.2 Å². The zero-order valence-corrected chi connectivity index (χ0v) is 11.7. The molecule has 0 aromatic carbocycles.